The standard InChI is InChI=1S/C12H17N5O2.ClH/c1-15-7-9(6-14-15)17-5-4-16(8-10(17)18)11(19)12(13)2-3-12;/h6-7H,2-5,8,13H2,1H3;1H. The molecular formula is C12H18ClN5O2. The van der Waals surface area contributed by atoms with Gasteiger partial charge >= 0.3 is 0 Å². The molecular weight excluding hydrogens is 282 g/mol. The monoisotopic (exact) mass is 299 g/mol. The Morgan fingerprint density at radius 2 is 2.10 bits per heavy atom. The number of anilines is 1. The van der Waals surface area contributed by atoms with E-state index in [2.05, 4.69) is 5.10 Å². The fourth-order valence-corrected chi connectivity index (χ4v) is 2.33. The van der Waals surface area contributed by atoms with Crippen LogP contribution in [0.1, 0.15) is 12.8 Å². The normalized spacial score (nSPS) is 20.6. The number of amides is 2. The van der Waals surface area contributed by atoms with Crippen molar-refractivity contribution < 1.29 is 9.59 Å². The van der Waals surface area contributed by atoms with Gasteiger partial charge in [0.2, 0.25) is 11.8 Å². The third-order valence-electron chi connectivity index (χ3n) is 3.73. The molecule has 3 rings (SSSR count). The molecule has 8 heteroatoms. The molecule has 110 valence electrons. The number of carbonyl (C=O) groups is 2. The molecule has 0 radical (unpaired) electrons. The molecule has 2 aliphatic rings. The minimum Gasteiger partial charge on any atom is -0.330 e. The number of rotatable bonds is 2. The molecule has 1 saturated carbocycles. The van der Waals surface area contributed by atoms with E-state index < -0.39 is 5.54 Å². The van der Waals surface area contributed by atoms with Gasteiger partial charge in [-0.3, -0.25) is 14.3 Å². The number of halogens is 1. The van der Waals surface area contributed by atoms with Gasteiger partial charge < -0.3 is 15.5 Å². The van der Waals surface area contributed by atoms with Crippen molar-refractivity contribution in [3.63, 3.8) is 0 Å². The molecule has 2 N–H and O–H groups in total. The van der Waals surface area contributed by atoms with Crippen molar-refractivity contribution >= 4 is 29.9 Å². The van der Waals surface area contributed by atoms with Gasteiger partial charge in [0, 0.05) is 26.3 Å². The van der Waals surface area contributed by atoms with Gasteiger partial charge in [-0.2, -0.15) is 5.10 Å². The van der Waals surface area contributed by atoms with Gasteiger partial charge in [0.15, 0.2) is 0 Å². The summed E-state index contributed by atoms with van der Waals surface area (Å²) in [6, 6.07) is 0. The van der Waals surface area contributed by atoms with E-state index in [1.165, 1.54) is 0 Å². The molecule has 2 amide bonds. The summed E-state index contributed by atoms with van der Waals surface area (Å²) < 4.78 is 1.65. The van der Waals surface area contributed by atoms with E-state index in [0.29, 0.717) is 13.1 Å². The van der Waals surface area contributed by atoms with Crippen LogP contribution in [0.4, 0.5) is 5.69 Å². The van der Waals surface area contributed by atoms with Crippen LogP contribution in [-0.2, 0) is 16.6 Å². The first-order valence-electron chi connectivity index (χ1n) is 6.37. The Labute approximate surface area is 123 Å². The summed E-state index contributed by atoms with van der Waals surface area (Å²) in [5.74, 6) is -0.177. The van der Waals surface area contributed by atoms with Crippen molar-refractivity contribution in [1.82, 2.24) is 14.7 Å². The van der Waals surface area contributed by atoms with Crippen LogP contribution in [0.2, 0.25) is 0 Å². The Bertz CT molecular complexity index is 540. The van der Waals surface area contributed by atoms with Crippen molar-refractivity contribution in [2.24, 2.45) is 12.8 Å². The van der Waals surface area contributed by atoms with Crippen LogP contribution in [-0.4, -0.2) is 51.7 Å². The van der Waals surface area contributed by atoms with Gasteiger partial charge in [0.05, 0.1) is 17.4 Å². The molecule has 0 bridgehead atoms. The lowest BCUT2D eigenvalue weighted by Crippen LogP contribution is -2.56. The lowest BCUT2D eigenvalue weighted by Gasteiger charge is -2.34. The molecule has 20 heavy (non-hydrogen) atoms. The first-order chi connectivity index (χ1) is 8.99. The second kappa shape index (κ2) is 5.06. The third-order valence-corrected chi connectivity index (χ3v) is 3.73. The summed E-state index contributed by atoms with van der Waals surface area (Å²) in [6.45, 7) is 1.12. The fraction of sp³-hybridized carbons (Fsp3) is 0.583. The Hall–Kier alpha value is -1.60. The molecule has 1 aliphatic carbocycles. The smallest absolute Gasteiger partial charge is 0.246 e. The lowest BCUT2D eigenvalue weighted by molar-refractivity contribution is -0.138. The van der Waals surface area contributed by atoms with Crippen molar-refractivity contribution in [2.75, 3.05) is 24.5 Å². The third kappa shape index (κ3) is 2.51. The summed E-state index contributed by atoms with van der Waals surface area (Å²) in [4.78, 5) is 27.4. The van der Waals surface area contributed by atoms with Gasteiger partial charge in [-0.15, -0.1) is 12.4 Å². The number of nitrogens with zero attached hydrogens (tertiary/aromatic N) is 4. The summed E-state index contributed by atoms with van der Waals surface area (Å²) in [7, 11) is 1.80. The maximum Gasteiger partial charge on any atom is 0.246 e. The zero-order chi connectivity index (χ0) is 13.6. The number of piperazine rings is 1. The van der Waals surface area contributed by atoms with Crippen LogP contribution in [0.15, 0.2) is 12.4 Å². The topological polar surface area (TPSA) is 84.5 Å². The summed E-state index contributed by atoms with van der Waals surface area (Å²) >= 11 is 0. The van der Waals surface area contributed by atoms with Crippen molar-refractivity contribution in [2.45, 2.75) is 18.4 Å². The van der Waals surface area contributed by atoms with Gasteiger partial charge in [-0.25, -0.2) is 0 Å². The summed E-state index contributed by atoms with van der Waals surface area (Å²) in [6.07, 6.45) is 4.90. The van der Waals surface area contributed by atoms with Gasteiger partial charge in [0.1, 0.15) is 6.54 Å². The molecule has 0 atom stereocenters. The Kier molecular flexibility index (Phi) is 3.75. The number of carbonyl (C=O) groups excluding carboxylic acids is 2. The van der Waals surface area contributed by atoms with Crippen molar-refractivity contribution in [1.29, 1.82) is 0 Å². The fourth-order valence-electron chi connectivity index (χ4n) is 2.33. The highest BCUT2D eigenvalue weighted by Gasteiger charge is 2.49. The highest BCUT2D eigenvalue weighted by molar-refractivity contribution is 5.99. The first kappa shape index (κ1) is 14.8. The van der Waals surface area contributed by atoms with E-state index in [0.717, 1.165) is 18.5 Å². The lowest BCUT2D eigenvalue weighted by atomic mass is 10.2. The molecule has 0 aromatic carbocycles. The maximum absolute atomic E-state index is 12.1. The number of hydrogen-bond donors (Lipinski definition) is 1. The summed E-state index contributed by atoms with van der Waals surface area (Å²) in [5.41, 5.74) is 5.96. The minimum atomic E-state index is -0.698. The molecule has 1 aromatic heterocycles. The van der Waals surface area contributed by atoms with E-state index in [-0.39, 0.29) is 30.8 Å². The average molecular weight is 300 g/mol. The van der Waals surface area contributed by atoms with E-state index in [9.17, 15) is 9.59 Å². The number of aromatic nitrogens is 2. The van der Waals surface area contributed by atoms with E-state index in [1.54, 1.807) is 33.9 Å². The molecule has 2 heterocycles. The van der Waals surface area contributed by atoms with Crippen molar-refractivity contribution in [3.05, 3.63) is 12.4 Å². The number of hydrogen-bond acceptors (Lipinski definition) is 4. The Balaban J connectivity index is 0.00000147. The van der Waals surface area contributed by atoms with Crippen LogP contribution < -0.4 is 10.6 Å². The Morgan fingerprint density at radius 3 is 2.60 bits per heavy atom. The van der Waals surface area contributed by atoms with Gasteiger partial charge in [-0.1, -0.05) is 0 Å². The highest BCUT2D eigenvalue weighted by atomic mass is 35.5. The molecule has 2 fully saturated rings. The van der Waals surface area contributed by atoms with E-state index in [1.807, 2.05) is 0 Å². The zero-order valence-corrected chi connectivity index (χ0v) is 12.1. The molecule has 1 aromatic rings. The van der Waals surface area contributed by atoms with E-state index >= 15 is 0 Å². The highest BCUT2D eigenvalue weighted by Crippen LogP contribution is 2.34. The average Bonchev–Trinajstić information content (AvgIpc) is 2.99. The van der Waals surface area contributed by atoms with E-state index in [4.69, 9.17) is 5.73 Å². The summed E-state index contributed by atoms with van der Waals surface area (Å²) in [5, 5.41) is 4.05. The number of nitrogens with two attached hydrogens (primary N) is 1. The van der Waals surface area contributed by atoms with Crippen molar-refractivity contribution in [3.8, 4) is 0 Å². The molecule has 1 aliphatic heterocycles. The van der Waals surface area contributed by atoms with Gasteiger partial charge in [0.25, 0.3) is 0 Å². The number of aryl methyl sites for hydroxylation is 1. The zero-order valence-electron chi connectivity index (χ0n) is 11.3. The minimum absolute atomic E-state index is 0. The van der Waals surface area contributed by atoms with Crippen LogP contribution in [0.5, 0.6) is 0 Å². The van der Waals surface area contributed by atoms with Crippen LogP contribution in [0.25, 0.3) is 0 Å². The van der Waals surface area contributed by atoms with Crippen LogP contribution in [0.3, 0.4) is 0 Å². The van der Waals surface area contributed by atoms with Crippen LogP contribution >= 0.6 is 12.4 Å². The molecule has 1 saturated heterocycles. The molecule has 7 nitrogen and oxygen atoms in total. The Morgan fingerprint density at radius 1 is 1.40 bits per heavy atom. The first-order valence-corrected chi connectivity index (χ1v) is 6.37. The largest absolute Gasteiger partial charge is 0.330 e. The predicted octanol–water partition coefficient (Wildman–Crippen LogP) is -0.492. The quantitative estimate of drug-likeness (QED) is 0.798. The SMILES string of the molecule is Cl.Cn1cc(N2CCN(C(=O)C3(N)CC3)CC2=O)cn1. The molecule has 0 unspecified atom stereocenters. The second-order valence-electron chi connectivity index (χ2n) is 5.30. The van der Waals surface area contributed by atoms with Crippen LogP contribution in [0, 0.1) is 0 Å². The maximum atomic E-state index is 12.1. The predicted molar refractivity (Wildman–Crippen MR) is 75.5 cm³/mol. The second-order valence-corrected chi connectivity index (χ2v) is 5.30. The molecule has 0 spiro atoms. The van der Waals surface area contributed by atoms with Gasteiger partial charge in [-0.05, 0) is 12.8 Å².